The highest BCUT2D eigenvalue weighted by Crippen LogP contribution is 2.23. The molecule has 5 N–H and O–H groups in total. The van der Waals surface area contributed by atoms with Gasteiger partial charge in [0.2, 0.25) is 5.82 Å². The van der Waals surface area contributed by atoms with Crippen LogP contribution in [0.4, 0.5) is 0 Å². The number of nitrogens with two attached hydrogens (primary N) is 2. The van der Waals surface area contributed by atoms with Gasteiger partial charge in [0.1, 0.15) is 11.4 Å². The summed E-state index contributed by atoms with van der Waals surface area (Å²) >= 11 is 0. The number of aliphatic hydroxyl groups excluding tert-OH is 1. The number of hydrogen-bond acceptors (Lipinski definition) is 8. The molecule has 0 atom stereocenters. The van der Waals surface area contributed by atoms with E-state index in [1.807, 2.05) is 6.92 Å². The van der Waals surface area contributed by atoms with Gasteiger partial charge in [-0.2, -0.15) is 0 Å². The number of aryl methyl sites for hydroxylation is 1. The molecule has 3 aromatic heterocycles. The summed E-state index contributed by atoms with van der Waals surface area (Å²) in [7, 11) is 0. The molecule has 0 aliphatic carbocycles. The van der Waals surface area contributed by atoms with E-state index in [-0.39, 0.29) is 28.8 Å². The Hall–Kier alpha value is -3.82. The lowest BCUT2D eigenvalue weighted by molar-refractivity contribution is 0.0990. The van der Waals surface area contributed by atoms with E-state index in [9.17, 15) is 9.90 Å². The Labute approximate surface area is 160 Å². The average molecular weight is 380 g/mol. The van der Waals surface area contributed by atoms with Crippen LogP contribution >= 0.6 is 0 Å². The van der Waals surface area contributed by atoms with Gasteiger partial charge in [0.25, 0.3) is 5.91 Å². The van der Waals surface area contributed by atoms with Crippen molar-refractivity contribution in [3.05, 3.63) is 53.5 Å². The predicted molar refractivity (Wildman–Crippen MR) is 104 cm³/mol. The van der Waals surface area contributed by atoms with Crippen LogP contribution in [0.25, 0.3) is 16.9 Å². The van der Waals surface area contributed by atoms with Crippen LogP contribution in [-0.4, -0.2) is 47.6 Å². The zero-order valence-corrected chi connectivity index (χ0v) is 15.7. The maximum Gasteiger partial charge on any atom is 0.285 e. The van der Waals surface area contributed by atoms with Crippen molar-refractivity contribution in [2.75, 3.05) is 6.54 Å². The zero-order chi connectivity index (χ0) is 20.4. The van der Waals surface area contributed by atoms with Gasteiger partial charge in [-0.1, -0.05) is 0 Å². The fraction of sp³-hybridized carbons (Fsp3) is 0.222. The van der Waals surface area contributed by atoms with Crippen LogP contribution in [0.3, 0.4) is 0 Å². The second kappa shape index (κ2) is 7.43. The first kappa shape index (κ1) is 19.0. The van der Waals surface area contributed by atoms with E-state index in [0.29, 0.717) is 29.1 Å². The van der Waals surface area contributed by atoms with Crippen molar-refractivity contribution in [1.82, 2.24) is 24.3 Å². The van der Waals surface area contributed by atoms with E-state index in [0.717, 1.165) is 0 Å². The molecule has 1 amide bonds. The van der Waals surface area contributed by atoms with Crippen LogP contribution < -0.4 is 11.5 Å². The van der Waals surface area contributed by atoms with E-state index in [1.165, 1.54) is 6.20 Å². The van der Waals surface area contributed by atoms with Crippen LogP contribution in [0.15, 0.2) is 41.1 Å². The number of fused-ring (bicyclic) bond motifs is 1. The summed E-state index contributed by atoms with van der Waals surface area (Å²) in [6, 6.07) is 1.64. The standard InChI is InChI=1S/C18H20N8O2/c1-4-21-14(15(27)10(3)19)17-22-6-5-11(24-17)13-12-7-23-9(2)8-26(12)18(25-13)16(20)28/h5-8,27H,4,19H2,1-3H3,(H2,20,28). The number of amides is 1. The molecule has 0 radical (unpaired) electrons. The maximum atomic E-state index is 11.8. The quantitative estimate of drug-likeness (QED) is 0.442. The first-order valence-electron chi connectivity index (χ1n) is 8.51. The Bertz CT molecular complexity index is 1130. The Morgan fingerprint density at radius 3 is 2.68 bits per heavy atom. The van der Waals surface area contributed by atoms with Crippen LogP contribution in [0.2, 0.25) is 0 Å². The first-order chi connectivity index (χ1) is 13.3. The number of carbonyl (C=O) groups excluding carboxylic acids is 1. The van der Waals surface area contributed by atoms with Gasteiger partial charge in [0, 0.05) is 24.6 Å². The Kier molecular flexibility index (Phi) is 5.03. The Morgan fingerprint density at radius 1 is 1.29 bits per heavy atom. The van der Waals surface area contributed by atoms with Crippen molar-refractivity contribution in [1.29, 1.82) is 0 Å². The van der Waals surface area contributed by atoms with Crippen molar-refractivity contribution in [2.45, 2.75) is 20.8 Å². The molecular weight excluding hydrogens is 360 g/mol. The fourth-order valence-corrected chi connectivity index (χ4v) is 2.65. The topological polar surface area (TPSA) is 158 Å². The molecule has 0 aromatic carbocycles. The fourth-order valence-electron chi connectivity index (χ4n) is 2.65. The summed E-state index contributed by atoms with van der Waals surface area (Å²) in [4.78, 5) is 33.3. The van der Waals surface area contributed by atoms with Crippen LogP contribution in [0, 0.1) is 6.92 Å². The SMILES string of the molecule is CCN=C(C(O)=C(C)N)c1nccc(-c2nc(C(N)=O)n3cc(C)ncc23)n1. The second-order valence-corrected chi connectivity index (χ2v) is 6.05. The van der Waals surface area contributed by atoms with Crippen molar-refractivity contribution in [3.63, 3.8) is 0 Å². The van der Waals surface area contributed by atoms with Crippen LogP contribution in [0.5, 0.6) is 0 Å². The minimum absolute atomic E-state index is 0.0682. The number of primary amides is 1. The summed E-state index contributed by atoms with van der Waals surface area (Å²) in [5, 5.41) is 10.3. The number of imidazole rings is 1. The molecule has 3 heterocycles. The number of hydrogen-bond donors (Lipinski definition) is 3. The summed E-state index contributed by atoms with van der Waals surface area (Å²) in [5.41, 5.74) is 13.6. The smallest absolute Gasteiger partial charge is 0.285 e. The molecule has 0 saturated heterocycles. The van der Waals surface area contributed by atoms with Gasteiger partial charge in [-0.15, -0.1) is 0 Å². The van der Waals surface area contributed by atoms with Gasteiger partial charge < -0.3 is 16.6 Å². The van der Waals surface area contributed by atoms with E-state index in [2.05, 4.69) is 24.9 Å². The van der Waals surface area contributed by atoms with Gasteiger partial charge in [-0.05, 0) is 26.8 Å². The van der Waals surface area contributed by atoms with E-state index >= 15 is 0 Å². The number of allylic oxidation sites excluding steroid dienone is 2. The van der Waals surface area contributed by atoms with Crippen molar-refractivity contribution < 1.29 is 9.90 Å². The molecule has 0 aliphatic heterocycles. The number of aliphatic hydroxyl groups is 1. The summed E-state index contributed by atoms with van der Waals surface area (Å²) in [6.45, 7) is 5.58. The molecule has 0 aliphatic rings. The van der Waals surface area contributed by atoms with Gasteiger partial charge in [0.05, 0.1) is 23.1 Å². The lowest BCUT2D eigenvalue weighted by atomic mass is 10.2. The zero-order valence-electron chi connectivity index (χ0n) is 15.7. The van der Waals surface area contributed by atoms with E-state index < -0.39 is 5.91 Å². The van der Waals surface area contributed by atoms with Crippen LogP contribution in [0.1, 0.15) is 36.0 Å². The summed E-state index contributed by atoms with van der Waals surface area (Å²) < 4.78 is 1.57. The molecule has 0 fully saturated rings. The molecule has 10 heteroatoms. The van der Waals surface area contributed by atoms with Gasteiger partial charge in [-0.3, -0.25) is 19.2 Å². The summed E-state index contributed by atoms with van der Waals surface area (Å²) in [6.07, 6.45) is 4.78. The lowest BCUT2D eigenvalue weighted by Gasteiger charge is -2.07. The van der Waals surface area contributed by atoms with Gasteiger partial charge in [0.15, 0.2) is 11.6 Å². The van der Waals surface area contributed by atoms with Crippen molar-refractivity contribution >= 4 is 17.1 Å². The third-order valence-corrected chi connectivity index (χ3v) is 3.90. The van der Waals surface area contributed by atoms with Crippen molar-refractivity contribution in [2.24, 2.45) is 16.5 Å². The monoisotopic (exact) mass is 380 g/mol. The van der Waals surface area contributed by atoms with Crippen molar-refractivity contribution in [3.8, 4) is 11.4 Å². The lowest BCUT2D eigenvalue weighted by Crippen LogP contribution is -2.15. The number of rotatable bonds is 5. The Morgan fingerprint density at radius 2 is 2.04 bits per heavy atom. The number of aromatic nitrogens is 5. The molecule has 0 bridgehead atoms. The minimum atomic E-state index is -0.673. The molecule has 28 heavy (non-hydrogen) atoms. The van der Waals surface area contributed by atoms with Crippen LogP contribution in [-0.2, 0) is 0 Å². The van der Waals surface area contributed by atoms with E-state index in [4.69, 9.17) is 11.5 Å². The first-order valence-corrected chi connectivity index (χ1v) is 8.51. The van der Waals surface area contributed by atoms with Gasteiger partial charge in [-0.25, -0.2) is 15.0 Å². The van der Waals surface area contributed by atoms with Gasteiger partial charge >= 0.3 is 0 Å². The maximum absolute atomic E-state index is 11.8. The summed E-state index contributed by atoms with van der Waals surface area (Å²) in [5.74, 6) is -0.611. The predicted octanol–water partition coefficient (Wildman–Crippen LogP) is 1.15. The molecule has 144 valence electrons. The number of carbonyl (C=O) groups is 1. The highest BCUT2D eigenvalue weighted by molar-refractivity contribution is 6.09. The largest absolute Gasteiger partial charge is 0.504 e. The average Bonchev–Trinajstić information content (AvgIpc) is 3.04. The number of aliphatic imine (C=N–C) groups is 1. The highest BCUT2D eigenvalue weighted by Gasteiger charge is 2.20. The Balaban J connectivity index is 2.22. The third kappa shape index (κ3) is 3.39. The third-order valence-electron chi connectivity index (χ3n) is 3.90. The van der Waals surface area contributed by atoms with E-state index in [1.54, 1.807) is 36.7 Å². The second-order valence-electron chi connectivity index (χ2n) is 6.05. The minimum Gasteiger partial charge on any atom is -0.504 e. The molecule has 0 unspecified atom stereocenters. The normalized spacial score (nSPS) is 12.9. The molecule has 0 saturated carbocycles. The molecule has 10 nitrogen and oxygen atoms in total. The number of nitrogens with zero attached hydrogens (tertiary/aromatic N) is 6. The molecular formula is C18H20N8O2. The molecule has 3 aromatic rings. The molecule has 3 rings (SSSR count). The highest BCUT2D eigenvalue weighted by atomic mass is 16.3. The molecule has 0 spiro atoms.